The molecule has 2 heterocycles. The molecule has 0 saturated carbocycles. The van der Waals surface area contributed by atoms with Gasteiger partial charge in [0.1, 0.15) is 5.82 Å². The molecule has 22 heavy (non-hydrogen) atoms. The first-order valence-corrected chi connectivity index (χ1v) is 6.69. The van der Waals surface area contributed by atoms with E-state index in [2.05, 4.69) is 20.3 Å². The van der Waals surface area contributed by atoms with Crippen LogP contribution < -0.4 is 5.32 Å². The lowest BCUT2D eigenvalue weighted by atomic mass is 10.2. The molecule has 0 aliphatic heterocycles. The van der Waals surface area contributed by atoms with E-state index in [9.17, 15) is 13.2 Å². The summed E-state index contributed by atoms with van der Waals surface area (Å²) in [6.07, 6.45) is -1.59. The van der Waals surface area contributed by atoms with Crippen molar-refractivity contribution < 1.29 is 17.9 Å². The molecule has 0 aliphatic rings. The Morgan fingerprint density at radius 2 is 1.91 bits per heavy atom. The predicted molar refractivity (Wildman–Crippen MR) is 75.2 cm³/mol. The van der Waals surface area contributed by atoms with E-state index in [1.54, 1.807) is 12.1 Å². The molecule has 0 saturated heterocycles. The summed E-state index contributed by atoms with van der Waals surface area (Å²) in [6.45, 7) is 3.12. The Balaban J connectivity index is 2.29. The van der Waals surface area contributed by atoms with Crippen LogP contribution in [-0.2, 0) is 10.9 Å². The molecular formula is C14H15F3N4O. The molecular weight excluding hydrogens is 297 g/mol. The summed E-state index contributed by atoms with van der Waals surface area (Å²) >= 11 is 0. The van der Waals surface area contributed by atoms with Gasteiger partial charge in [-0.3, -0.25) is 4.98 Å². The van der Waals surface area contributed by atoms with Gasteiger partial charge in [-0.2, -0.15) is 13.2 Å². The topological polar surface area (TPSA) is 59.9 Å². The molecule has 0 atom stereocenters. The summed E-state index contributed by atoms with van der Waals surface area (Å²) in [5.74, 6) is 0.102. The number of nitrogens with one attached hydrogen (secondary N) is 1. The minimum atomic E-state index is -4.54. The Bertz CT molecular complexity index is 605. The molecule has 0 aromatic carbocycles. The van der Waals surface area contributed by atoms with Gasteiger partial charge < -0.3 is 10.1 Å². The van der Waals surface area contributed by atoms with Crippen molar-refractivity contribution in [3.05, 3.63) is 36.3 Å². The quantitative estimate of drug-likeness (QED) is 0.831. The van der Waals surface area contributed by atoms with E-state index < -0.39 is 11.9 Å². The van der Waals surface area contributed by atoms with Crippen LogP contribution in [0, 0.1) is 0 Å². The fraction of sp³-hybridized carbons (Fsp3) is 0.357. The second kappa shape index (κ2) is 7.17. The van der Waals surface area contributed by atoms with Crippen LogP contribution in [0.4, 0.5) is 19.0 Å². The van der Waals surface area contributed by atoms with Gasteiger partial charge in [-0.15, -0.1) is 0 Å². The van der Waals surface area contributed by atoms with Gasteiger partial charge in [-0.05, 0) is 19.1 Å². The Morgan fingerprint density at radius 1 is 1.18 bits per heavy atom. The van der Waals surface area contributed by atoms with E-state index >= 15 is 0 Å². The number of alkyl halides is 3. The van der Waals surface area contributed by atoms with Crippen molar-refractivity contribution >= 4 is 5.82 Å². The van der Waals surface area contributed by atoms with Crippen LogP contribution in [0.25, 0.3) is 11.4 Å². The number of hydrogen-bond acceptors (Lipinski definition) is 5. The molecule has 0 fully saturated rings. The highest BCUT2D eigenvalue weighted by Gasteiger charge is 2.33. The maximum atomic E-state index is 13.0. The average Bonchev–Trinajstić information content (AvgIpc) is 2.51. The van der Waals surface area contributed by atoms with Crippen LogP contribution in [0.5, 0.6) is 0 Å². The lowest BCUT2D eigenvalue weighted by molar-refractivity contribution is -0.141. The molecule has 8 heteroatoms. The Morgan fingerprint density at radius 3 is 2.55 bits per heavy atom. The van der Waals surface area contributed by atoms with Crippen molar-refractivity contribution in [2.75, 3.05) is 25.1 Å². The zero-order valence-electron chi connectivity index (χ0n) is 11.9. The average molecular weight is 312 g/mol. The van der Waals surface area contributed by atoms with E-state index in [1.807, 2.05) is 6.92 Å². The third-order valence-electron chi connectivity index (χ3n) is 2.71. The lowest BCUT2D eigenvalue weighted by Gasteiger charge is -2.12. The maximum Gasteiger partial charge on any atom is 0.433 e. The van der Waals surface area contributed by atoms with Gasteiger partial charge in [0.15, 0.2) is 11.5 Å². The van der Waals surface area contributed by atoms with Crippen LogP contribution >= 0.6 is 0 Å². The fourth-order valence-corrected chi connectivity index (χ4v) is 1.71. The molecule has 1 N–H and O–H groups in total. The van der Waals surface area contributed by atoms with Gasteiger partial charge >= 0.3 is 6.18 Å². The monoisotopic (exact) mass is 312 g/mol. The normalized spacial score (nSPS) is 11.5. The van der Waals surface area contributed by atoms with Crippen molar-refractivity contribution in [1.29, 1.82) is 0 Å². The number of aromatic nitrogens is 3. The number of anilines is 1. The third kappa shape index (κ3) is 4.39. The number of pyridine rings is 1. The summed E-state index contributed by atoms with van der Waals surface area (Å²) in [7, 11) is 0. The molecule has 5 nitrogen and oxygen atoms in total. The highest BCUT2D eigenvalue weighted by atomic mass is 19.4. The Labute approximate surface area is 125 Å². The molecule has 0 aliphatic carbocycles. The third-order valence-corrected chi connectivity index (χ3v) is 2.71. The molecule has 2 aromatic rings. The first-order valence-electron chi connectivity index (χ1n) is 6.69. The summed E-state index contributed by atoms with van der Waals surface area (Å²) in [5, 5.41) is 2.81. The van der Waals surface area contributed by atoms with Gasteiger partial charge in [0.2, 0.25) is 0 Å². The van der Waals surface area contributed by atoms with E-state index in [1.165, 1.54) is 12.4 Å². The Hall–Kier alpha value is -2.22. The van der Waals surface area contributed by atoms with Gasteiger partial charge in [0.25, 0.3) is 0 Å². The minimum absolute atomic E-state index is 0.00358. The predicted octanol–water partition coefficient (Wildman–Crippen LogP) is 3.01. The fourth-order valence-electron chi connectivity index (χ4n) is 1.71. The molecule has 0 unspecified atom stereocenters. The largest absolute Gasteiger partial charge is 0.433 e. The van der Waals surface area contributed by atoms with Gasteiger partial charge in [0, 0.05) is 37.2 Å². The van der Waals surface area contributed by atoms with Crippen molar-refractivity contribution in [2.45, 2.75) is 13.1 Å². The van der Waals surface area contributed by atoms with Crippen molar-refractivity contribution in [1.82, 2.24) is 15.0 Å². The van der Waals surface area contributed by atoms with Crippen molar-refractivity contribution in [2.24, 2.45) is 0 Å². The van der Waals surface area contributed by atoms with E-state index in [0.717, 1.165) is 6.07 Å². The zero-order valence-corrected chi connectivity index (χ0v) is 11.9. The molecule has 0 radical (unpaired) electrons. The highest BCUT2D eigenvalue weighted by molar-refractivity contribution is 5.57. The molecule has 0 bridgehead atoms. The molecule has 2 rings (SSSR count). The number of nitrogens with zero attached hydrogens (tertiary/aromatic N) is 3. The van der Waals surface area contributed by atoms with E-state index in [4.69, 9.17) is 4.74 Å². The minimum Gasteiger partial charge on any atom is -0.380 e. The lowest BCUT2D eigenvalue weighted by Crippen LogP contribution is -2.14. The first-order chi connectivity index (χ1) is 10.5. The summed E-state index contributed by atoms with van der Waals surface area (Å²) in [4.78, 5) is 11.5. The summed E-state index contributed by atoms with van der Waals surface area (Å²) in [6, 6.07) is 4.00. The van der Waals surface area contributed by atoms with Crippen molar-refractivity contribution in [3.8, 4) is 11.4 Å². The first kappa shape index (κ1) is 16.2. The molecule has 0 amide bonds. The van der Waals surface area contributed by atoms with E-state index in [-0.39, 0.29) is 11.6 Å². The zero-order chi connectivity index (χ0) is 16.0. The van der Waals surface area contributed by atoms with Crippen LogP contribution in [-0.4, -0.2) is 34.7 Å². The van der Waals surface area contributed by atoms with Gasteiger partial charge in [-0.25, -0.2) is 9.97 Å². The van der Waals surface area contributed by atoms with Crippen LogP contribution in [0.15, 0.2) is 30.6 Å². The van der Waals surface area contributed by atoms with Crippen LogP contribution in [0.3, 0.4) is 0 Å². The standard InChI is InChI=1S/C14H15F3N4O/c1-2-22-8-7-19-12-9-11(14(15,16)17)20-13(21-12)10-3-5-18-6-4-10/h3-6,9H,2,7-8H2,1H3,(H,19,20,21). The smallest absolute Gasteiger partial charge is 0.380 e. The number of rotatable bonds is 6. The summed E-state index contributed by atoms with van der Waals surface area (Å²) in [5.41, 5.74) is -0.526. The van der Waals surface area contributed by atoms with E-state index in [0.29, 0.717) is 25.3 Å². The maximum absolute atomic E-state index is 13.0. The van der Waals surface area contributed by atoms with Gasteiger partial charge in [-0.1, -0.05) is 0 Å². The highest BCUT2D eigenvalue weighted by Crippen LogP contribution is 2.30. The van der Waals surface area contributed by atoms with Crippen LogP contribution in [0.1, 0.15) is 12.6 Å². The SMILES string of the molecule is CCOCCNc1cc(C(F)(F)F)nc(-c2ccncc2)n1. The molecule has 2 aromatic heterocycles. The molecule has 118 valence electrons. The second-order valence-corrected chi connectivity index (χ2v) is 4.32. The van der Waals surface area contributed by atoms with Crippen LogP contribution in [0.2, 0.25) is 0 Å². The number of ether oxygens (including phenoxy) is 1. The summed E-state index contributed by atoms with van der Waals surface area (Å²) < 4.78 is 44.0. The second-order valence-electron chi connectivity index (χ2n) is 4.32. The number of hydrogen-bond donors (Lipinski definition) is 1. The number of halogens is 3. The molecule has 0 spiro atoms. The van der Waals surface area contributed by atoms with Crippen molar-refractivity contribution in [3.63, 3.8) is 0 Å². The Kier molecular flexibility index (Phi) is 5.26. The van der Waals surface area contributed by atoms with Gasteiger partial charge in [0.05, 0.1) is 6.61 Å².